The molecule has 0 aliphatic rings. The number of sulfonamides is 1. The van der Waals surface area contributed by atoms with Crippen molar-refractivity contribution >= 4 is 21.9 Å². The standard InChI is InChI=1S/C13H13N3O5S/c17-11(18)7-6-9-8-14-13(15-12(9)19)16-22(20,21)10-4-2-1-3-5-10/h1-5,8H,6-7H2,(H,17,18)(H2,14,15,16,19). The third kappa shape index (κ3) is 3.92. The molecule has 116 valence electrons. The van der Waals surface area contributed by atoms with E-state index in [1.54, 1.807) is 18.2 Å². The van der Waals surface area contributed by atoms with Gasteiger partial charge < -0.3 is 5.11 Å². The van der Waals surface area contributed by atoms with E-state index in [2.05, 4.69) is 14.7 Å². The van der Waals surface area contributed by atoms with Crippen LogP contribution in [0.5, 0.6) is 0 Å². The molecule has 0 aliphatic carbocycles. The summed E-state index contributed by atoms with van der Waals surface area (Å²) in [4.78, 5) is 28.3. The molecule has 0 saturated carbocycles. The largest absolute Gasteiger partial charge is 0.481 e. The highest BCUT2D eigenvalue weighted by Gasteiger charge is 2.15. The quantitative estimate of drug-likeness (QED) is 0.713. The monoisotopic (exact) mass is 323 g/mol. The SMILES string of the molecule is O=C(O)CCc1cnc(NS(=O)(=O)c2ccccc2)[nH]c1=O. The van der Waals surface area contributed by atoms with E-state index in [9.17, 15) is 18.0 Å². The zero-order valence-corrected chi connectivity index (χ0v) is 12.1. The van der Waals surface area contributed by atoms with Crippen LogP contribution < -0.4 is 10.3 Å². The summed E-state index contributed by atoms with van der Waals surface area (Å²) in [7, 11) is -3.85. The molecule has 1 aromatic heterocycles. The number of benzene rings is 1. The number of rotatable bonds is 6. The number of anilines is 1. The molecule has 0 fully saturated rings. The Kier molecular flexibility index (Phi) is 4.56. The lowest BCUT2D eigenvalue weighted by Gasteiger charge is -2.07. The van der Waals surface area contributed by atoms with E-state index in [4.69, 9.17) is 5.11 Å². The molecule has 0 amide bonds. The molecule has 2 rings (SSSR count). The molecule has 0 atom stereocenters. The van der Waals surface area contributed by atoms with Gasteiger partial charge in [0.05, 0.1) is 4.90 Å². The van der Waals surface area contributed by atoms with E-state index >= 15 is 0 Å². The van der Waals surface area contributed by atoms with Gasteiger partial charge in [0.1, 0.15) is 0 Å². The number of nitrogens with one attached hydrogen (secondary N) is 2. The maximum absolute atomic E-state index is 12.1. The van der Waals surface area contributed by atoms with Gasteiger partial charge in [-0.05, 0) is 18.6 Å². The summed E-state index contributed by atoms with van der Waals surface area (Å²) in [5.41, 5.74) is -0.410. The van der Waals surface area contributed by atoms with Gasteiger partial charge in [0.2, 0.25) is 5.95 Å². The second-order valence-corrected chi connectivity index (χ2v) is 6.08. The van der Waals surface area contributed by atoms with Crippen molar-refractivity contribution in [2.24, 2.45) is 0 Å². The lowest BCUT2D eigenvalue weighted by atomic mass is 10.2. The number of hydrogen-bond acceptors (Lipinski definition) is 5. The normalized spacial score (nSPS) is 11.1. The number of hydrogen-bond donors (Lipinski definition) is 3. The third-order valence-corrected chi connectivity index (χ3v) is 4.12. The van der Waals surface area contributed by atoms with Crippen molar-refractivity contribution in [3.63, 3.8) is 0 Å². The van der Waals surface area contributed by atoms with E-state index < -0.39 is 21.6 Å². The highest BCUT2D eigenvalue weighted by atomic mass is 32.2. The maximum atomic E-state index is 12.1. The van der Waals surface area contributed by atoms with Gasteiger partial charge in [-0.3, -0.25) is 14.6 Å². The zero-order valence-electron chi connectivity index (χ0n) is 11.3. The predicted molar refractivity (Wildman–Crippen MR) is 78.1 cm³/mol. The summed E-state index contributed by atoms with van der Waals surface area (Å²) in [6.07, 6.45) is 0.966. The highest BCUT2D eigenvalue weighted by molar-refractivity contribution is 7.92. The predicted octanol–water partition coefficient (Wildman–Crippen LogP) is 0.588. The first kappa shape index (κ1) is 15.7. The molecule has 22 heavy (non-hydrogen) atoms. The van der Waals surface area contributed by atoms with E-state index in [1.807, 2.05) is 0 Å². The highest BCUT2D eigenvalue weighted by Crippen LogP contribution is 2.11. The number of aliphatic carboxylic acids is 1. The molecule has 0 spiro atoms. The first-order chi connectivity index (χ1) is 10.4. The van der Waals surface area contributed by atoms with Crippen molar-refractivity contribution in [2.45, 2.75) is 17.7 Å². The number of carbonyl (C=O) groups is 1. The van der Waals surface area contributed by atoms with Crippen LogP contribution in [0.3, 0.4) is 0 Å². The number of aromatic amines is 1. The molecule has 0 radical (unpaired) electrons. The zero-order chi connectivity index (χ0) is 16.2. The van der Waals surface area contributed by atoms with Crippen LogP contribution in [0.4, 0.5) is 5.95 Å². The molecular formula is C13H13N3O5S. The van der Waals surface area contributed by atoms with Crippen LogP contribution >= 0.6 is 0 Å². The fraction of sp³-hybridized carbons (Fsp3) is 0.154. The van der Waals surface area contributed by atoms with Gasteiger partial charge in [-0.25, -0.2) is 18.1 Å². The average Bonchev–Trinajstić information content (AvgIpc) is 2.47. The molecule has 0 unspecified atom stereocenters. The van der Waals surface area contributed by atoms with Crippen molar-refractivity contribution in [1.82, 2.24) is 9.97 Å². The molecule has 0 bridgehead atoms. The van der Waals surface area contributed by atoms with Crippen LogP contribution in [0, 0.1) is 0 Å². The Labute approximate surface area is 125 Å². The number of carboxylic acids is 1. The Balaban J connectivity index is 2.19. The summed E-state index contributed by atoms with van der Waals surface area (Å²) in [5.74, 6) is -1.26. The average molecular weight is 323 g/mol. The molecule has 1 aromatic carbocycles. The summed E-state index contributed by atoms with van der Waals surface area (Å²) in [6.45, 7) is 0. The van der Waals surface area contributed by atoms with Crippen molar-refractivity contribution in [3.8, 4) is 0 Å². The summed E-state index contributed by atoms with van der Waals surface area (Å²) < 4.78 is 26.3. The first-order valence-electron chi connectivity index (χ1n) is 6.26. The third-order valence-electron chi connectivity index (χ3n) is 2.77. The minimum atomic E-state index is -3.85. The van der Waals surface area contributed by atoms with Gasteiger partial charge >= 0.3 is 5.97 Å². The molecule has 0 aliphatic heterocycles. The Hall–Kier alpha value is -2.68. The summed E-state index contributed by atoms with van der Waals surface area (Å²) >= 11 is 0. The lowest BCUT2D eigenvalue weighted by Crippen LogP contribution is -2.21. The van der Waals surface area contributed by atoms with Crippen LogP contribution in [0.2, 0.25) is 0 Å². The Morgan fingerprint density at radius 3 is 2.55 bits per heavy atom. The summed E-state index contributed by atoms with van der Waals surface area (Å²) in [6, 6.07) is 7.62. The topological polar surface area (TPSA) is 129 Å². The fourth-order valence-corrected chi connectivity index (χ4v) is 2.67. The van der Waals surface area contributed by atoms with E-state index in [0.717, 1.165) is 6.20 Å². The van der Waals surface area contributed by atoms with Crippen molar-refractivity contribution in [2.75, 3.05) is 4.72 Å². The van der Waals surface area contributed by atoms with Gasteiger partial charge in [-0.15, -0.1) is 0 Å². The second-order valence-electron chi connectivity index (χ2n) is 4.40. The maximum Gasteiger partial charge on any atom is 0.303 e. The van der Waals surface area contributed by atoms with Crippen LogP contribution in [0.1, 0.15) is 12.0 Å². The first-order valence-corrected chi connectivity index (χ1v) is 7.74. The van der Waals surface area contributed by atoms with Gasteiger partial charge in [0, 0.05) is 18.2 Å². The Morgan fingerprint density at radius 2 is 1.95 bits per heavy atom. The smallest absolute Gasteiger partial charge is 0.303 e. The molecule has 0 saturated heterocycles. The minimum Gasteiger partial charge on any atom is -0.481 e. The van der Waals surface area contributed by atoms with Crippen LogP contribution in [-0.2, 0) is 21.2 Å². The van der Waals surface area contributed by atoms with Crippen LogP contribution in [-0.4, -0.2) is 29.5 Å². The van der Waals surface area contributed by atoms with Crippen LogP contribution in [0.15, 0.2) is 46.2 Å². The van der Waals surface area contributed by atoms with Gasteiger partial charge in [-0.2, -0.15) is 0 Å². The van der Waals surface area contributed by atoms with Crippen molar-refractivity contribution in [3.05, 3.63) is 52.4 Å². The number of H-pyrrole nitrogens is 1. The molecule has 3 N–H and O–H groups in total. The van der Waals surface area contributed by atoms with Gasteiger partial charge in [0.15, 0.2) is 0 Å². The fourth-order valence-electron chi connectivity index (χ4n) is 1.68. The van der Waals surface area contributed by atoms with E-state index in [1.165, 1.54) is 12.1 Å². The molecular weight excluding hydrogens is 310 g/mol. The number of aryl methyl sites for hydroxylation is 1. The van der Waals surface area contributed by atoms with Crippen molar-refractivity contribution < 1.29 is 18.3 Å². The second kappa shape index (κ2) is 6.39. The Morgan fingerprint density at radius 1 is 1.27 bits per heavy atom. The molecule has 9 heteroatoms. The minimum absolute atomic E-state index is 0.0172. The van der Waals surface area contributed by atoms with Gasteiger partial charge in [0.25, 0.3) is 15.6 Å². The summed E-state index contributed by atoms with van der Waals surface area (Å²) in [5, 5.41) is 8.57. The lowest BCUT2D eigenvalue weighted by molar-refractivity contribution is -0.136. The Bertz CT molecular complexity index is 830. The molecule has 2 aromatic rings. The number of aromatic nitrogens is 2. The van der Waals surface area contributed by atoms with Crippen LogP contribution in [0.25, 0.3) is 0 Å². The molecule has 8 nitrogen and oxygen atoms in total. The number of carboxylic acid groups (broad SMARTS) is 1. The van der Waals surface area contributed by atoms with Crippen molar-refractivity contribution in [1.29, 1.82) is 0 Å². The van der Waals surface area contributed by atoms with E-state index in [0.29, 0.717) is 0 Å². The van der Waals surface area contributed by atoms with E-state index in [-0.39, 0.29) is 29.2 Å². The molecule has 1 heterocycles. The van der Waals surface area contributed by atoms with Gasteiger partial charge in [-0.1, -0.05) is 18.2 Å². The number of nitrogens with zero attached hydrogens (tertiary/aromatic N) is 1.